The quantitative estimate of drug-likeness (QED) is 0.904. The van der Waals surface area contributed by atoms with Gasteiger partial charge in [0.15, 0.2) is 6.61 Å². The summed E-state index contributed by atoms with van der Waals surface area (Å²) < 4.78 is 5.32. The number of rotatable bonds is 3. The number of hydrogen-bond donors (Lipinski definition) is 2. The van der Waals surface area contributed by atoms with E-state index in [1.54, 1.807) is 11.3 Å². The van der Waals surface area contributed by atoms with Crippen LogP contribution >= 0.6 is 11.3 Å². The molecule has 0 bridgehead atoms. The summed E-state index contributed by atoms with van der Waals surface area (Å²) in [5, 5.41) is 8.25. The Balaban J connectivity index is 1.74. The number of hydrogen-bond acceptors (Lipinski definition) is 4. The van der Waals surface area contributed by atoms with Crippen LogP contribution in [0.3, 0.4) is 0 Å². The van der Waals surface area contributed by atoms with Gasteiger partial charge in [-0.05, 0) is 42.1 Å². The zero-order valence-corrected chi connectivity index (χ0v) is 11.3. The molecule has 1 aliphatic heterocycles. The highest BCUT2D eigenvalue weighted by molar-refractivity contribution is 7.10. The predicted octanol–water partition coefficient (Wildman–Crippen LogP) is 3.00. The second-order valence-corrected chi connectivity index (χ2v) is 5.43. The van der Waals surface area contributed by atoms with Crippen LogP contribution in [0.4, 0.5) is 11.4 Å². The molecule has 19 heavy (non-hydrogen) atoms. The Labute approximate surface area is 115 Å². The minimum absolute atomic E-state index is 0.0914. The molecule has 1 aliphatic rings. The van der Waals surface area contributed by atoms with E-state index in [0.717, 1.165) is 23.7 Å². The average molecular weight is 274 g/mol. The molecule has 0 unspecified atom stereocenters. The molecule has 2 heterocycles. The summed E-state index contributed by atoms with van der Waals surface area (Å²) in [6, 6.07) is 7.84. The minimum atomic E-state index is -0.112. The molecule has 5 heteroatoms. The van der Waals surface area contributed by atoms with Crippen LogP contribution in [0.5, 0.6) is 5.75 Å². The lowest BCUT2D eigenvalue weighted by Crippen LogP contribution is -2.25. The molecule has 0 saturated carbocycles. The highest BCUT2D eigenvalue weighted by atomic mass is 32.1. The molecule has 3 rings (SSSR count). The number of nitrogens with one attached hydrogen (secondary N) is 2. The summed E-state index contributed by atoms with van der Waals surface area (Å²) in [6.07, 6.45) is 0. The largest absolute Gasteiger partial charge is 0.482 e. The maximum atomic E-state index is 11.3. The maximum Gasteiger partial charge on any atom is 0.262 e. The van der Waals surface area contributed by atoms with E-state index in [1.807, 2.05) is 18.2 Å². The van der Waals surface area contributed by atoms with Crippen LogP contribution in [0.1, 0.15) is 10.4 Å². The zero-order valence-electron chi connectivity index (χ0n) is 10.5. The van der Waals surface area contributed by atoms with Gasteiger partial charge in [-0.25, -0.2) is 0 Å². The molecule has 0 spiro atoms. The van der Waals surface area contributed by atoms with Crippen LogP contribution in [0.2, 0.25) is 0 Å². The number of carbonyl (C=O) groups is 1. The Kier molecular flexibility index (Phi) is 3.13. The van der Waals surface area contributed by atoms with Crippen LogP contribution in [-0.4, -0.2) is 12.5 Å². The van der Waals surface area contributed by atoms with Gasteiger partial charge in [-0.1, -0.05) is 0 Å². The molecule has 0 saturated heterocycles. The Hall–Kier alpha value is -2.01. The first-order chi connectivity index (χ1) is 9.22. The summed E-state index contributed by atoms with van der Waals surface area (Å²) in [4.78, 5) is 12.6. The highest BCUT2D eigenvalue weighted by Crippen LogP contribution is 2.30. The molecule has 2 N–H and O–H groups in total. The van der Waals surface area contributed by atoms with Crippen LogP contribution in [0.25, 0.3) is 0 Å². The third-order valence-electron chi connectivity index (χ3n) is 3.03. The van der Waals surface area contributed by atoms with Gasteiger partial charge in [-0.3, -0.25) is 4.79 Å². The molecular weight excluding hydrogens is 260 g/mol. The molecule has 98 valence electrons. The van der Waals surface area contributed by atoms with Crippen molar-refractivity contribution in [2.75, 3.05) is 17.2 Å². The van der Waals surface area contributed by atoms with Gasteiger partial charge in [-0.2, -0.15) is 0 Å². The molecule has 1 aromatic heterocycles. The Morgan fingerprint density at radius 2 is 2.32 bits per heavy atom. The zero-order chi connectivity index (χ0) is 13.2. The van der Waals surface area contributed by atoms with Crippen molar-refractivity contribution in [1.29, 1.82) is 0 Å². The average Bonchev–Trinajstić information content (AvgIpc) is 2.81. The Morgan fingerprint density at radius 3 is 3.11 bits per heavy atom. The van der Waals surface area contributed by atoms with Crippen molar-refractivity contribution in [3.8, 4) is 5.75 Å². The lowest BCUT2D eigenvalue weighted by atomic mass is 10.2. The number of anilines is 2. The lowest BCUT2D eigenvalue weighted by molar-refractivity contribution is -0.118. The minimum Gasteiger partial charge on any atom is -0.482 e. The highest BCUT2D eigenvalue weighted by Gasteiger charge is 2.15. The van der Waals surface area contributed by atoms with Crippen molar-refractivity contribution in [1.82, 2.24) is 0 Å². The summed E-state index contributed by atoms with van der Waals surface area (Å²) in [7, 11) is 0. The van der Waals surface area contributed by atoms with Crippen molar-refractivity contribution >= 4 is 28.6 Å². The second-order valence-electron chi connectivity index (χ2n) is 4.43. The number of aryl methyl sites for hydroxylation is 1. The van der Waals surface area contributed by atoms with Crippen molar-refractivity contribution in [2.45, 2.75) is 13.5 Å². The van der Waals surface area contributed by atoms with Crippen molar-refractivity contribution in [3.05, 3.63) is 40.1 Å². The van der Waals surface area contributed by atoms with Gasteiger partial charge in [0.2, 0.25) is 0 Å². The number of ether oxygens (including phenoxy) is 1. The molecule has 4 nitrogen and oxygen atoms in total. The van der Waals surface area contributed by atoms with Crippen LogP contribution in [0.15, 0.2) is 29.6 Å². The number of carbonyl (C=O) groups excluding carboxylic acids is 1. The Morgan fingerprint density at radius 1 is 1.42 bits per heavy atom. The van der Waals surface area contributed by atoms with E-state index in [4.69, 9.17) is 4.74 Å². The van der Waals surface area contributed by atoms with Gasteiger partial charge in [0.25, 0.3) is 5.91 Å². The number of thiophene rings is 1. The van der Waals surface area contributed by atoms with E-state index in [2.05, 4.69) is 29.0 Å². The van der Waals surface area contributed by atoms with Crippen molar-refractivity contribution in [3.63, 3.8) is 0 Å². The van der Waals surface area contributed by atoms with Crippen molar-refractivity contribution < 1.29 is 9.53 Å². The van der Waals surface area contributed by atoms with E-state index >= 15 is 0 Å². The topological polar surface area (TPSA) is 50.4 Å². The van der Waals surface area contributed by atoms with E-state index in [-0.39, 0.29) is 12.5 Å². The molecular formula is C14H14N2O2S. The smallest absolute Gasteiger partial charge is 0.262 e. The summed E-state index contributed by atoms with van der Waals surface area (Å²) in [5.74, 6) is 0.608. The fourth-order valence-corrected chi connectivity index (χ4v) is 2.81. The molecule has 0 atom stereocenters. The van der Waals surface area contributed by atoms with E-state index < -0.39 is 0 Å². The lowest BCUT2D eigenvalue weighted by Gasteiger charge is -2.18. The standard InChI is InChI=1S/C14H14N2O2S/c1-9-4-5-19-13(9)7-15-10-2-3-12-11(6-10)16-14(17)8-18-12/h2-6,15H,7-8H2,1H3,(H,16,17). The van der Waals surface area contributed by atoms with Gasteiger partial charge < -0.3 is 15.4 Å². The summed E-state index contributed by atoms with van der Waals surface area (Å²) in [5.41, 5.74) is 2.99. The van der Waals surface area contributed by atoms with Gasteiger partial charge in [0.05, 0.1) is 5.69 Å². The van der Waals surface area contributed by atoms with E-state index in [9.17, 15) is 4.79 Å². The third kappa shape index (κ3) is 2.56. The molecule has 2 aromatic rings. The first kappa shape index (κ1) is 12.0. The first-order valence-electron chi connectivity index (χ1n) is 6.06. The molecule has 1 aromatic carbocycles. The fourth-order valence-electron chi connectivity index (χ4n) is 1.96. The van der Waals surface area contributed by atoms with E-state index in [0.29, 0.717) is 0 Å². The van der Waals surface area contributed by atoms with Gasteiger partial charge in [-0.15, -0.1) is 11.3 Å². The van der Waals surface area contributed by atoms with Gasteiger partial charge in [0.1, 0.15) is 5.75 Å². The van der Waals surface area contributed by atoms with Crippen LogP contribution in [0, 0.1) is 6.92 Å². The summed E-state index contributed by atoms with van der Waals surface area (Å²) >= 11 is 1.74. The predicted molar refractivity (Wildman–Crippen MR) is 76.9 cm³/mol. The number of amides is 1. The molecule has 0 radical (unpaired) electrons. The van der Waals surface area contributed by atoms with Crippen molar-refractivity contribution in [2.24, 2.45) is 0 Å². The fraction of sp³-hybridized carbons (Fsp3) is 0.214. The monoisotopic (exact) mass is 274 g/mol. The number of benzene rings is 1. The van der Waals surface area contributed by atoms with Gasteiger partial charge >= 0.3 is 0 Å². The Bertz CT molecular complexity index is 622. The number of fused-ring (bicyclic) bond motifs is 1. The normalized spacial score (nSPS) is 13.4. The SMILES string of the molecule is Cc1ccsc1CNc1ccc2c(c1)NC(=O)CO2. The molecule has 0 aliphatic carbocycles. The third-order valence-corrected chi connectivity index (χ3v) is 4.06. The van der Waals surface area contributed by atoms with Gasteiger partial charge in [0, 0.05) is 17.1 Å². The second kappa shape index (κ2) is 4.93. The van der Waals surface area contributed by atoms with E-state index in [1.165, 1.54) is 10.4 Å². The van der Waals surface area contributed by atoms with Crippen LogP contribution < -0.4 is 15.4 Å². The van der Waals surface area contributed by atoms with Crippen LogP contribution in [-0.2, 0) is 11.3 Å². The maximum absolute atomic E-state index is 11.3. The first-order valence-corrected chi connectivity index (χ1v) is 6.94. The summed E-state index contributed by atoms with van der Waals surface area (Å²) in [6.45, 7) is 2.99. The molecule has 1 amide bonds. The molecule has 0 fully saturated rings.